The fourth-order valence-electron chi connectivity index (χ4n) is 3.79. The SMILES string of the molecule is NCCC(=O)NCC1CCCCN1C(=O)C1CC1c1cccc(F)c1F. The molecule has 0 bridgehead atoms. The van der Waals surface area contributed by atoms with E-state index in [9.17, 15) is 18.4 Å². The molecule has 3 unspecified atom stereocenters. The topological polar surface area (TPSA) is 75.4 Å². The largest absolute Gasteiger partial charge is 0.354 e. The quantitative estimate of drug-likeness (QED) is 0.809. The number of likely N-dealkylation sites (tertiary alicyclic amines) is 1. The van der Waals surface area contributed by atoms with E-state index in [1.807, 2.05) is 4.90 Å². The average Bonchev–Trinajstić information content (AvgIpc) is 3.43. The van der Waals surface area contributed by atoms with Crippen LogP contribution in [0.2, 0.25) is 0 Å². The molecule has 1 aliphatic carbocycles. The fourth-order valence-corrected chi connectivity index (χ4v) is 3.79. The summed E-state index contributed by atoms with van der Waals surface area (Å²) in [4.78, 5) is 26.4. The number of piperidine rings is 1. The third-order valence-corrected chi connectivity index (χ3v) is 5.31. The zero-order valence-corrected chi connectivity index (χ0v) is 14.7. The Morgan fingerprint density at radius 1 is 1.27 bits per heavy atom. The highest BCUT2D eigenvalue weighted by Gasteiger charge is 2.48. The fraction of sp³-hybridized carbons (Fsp3) is 0.579. The van der Waals surface area contributed by atoms with Gasteiger partial charge in [0.05, 0.1) is 0 Å². The summed E-state index contributed by atoms with van der Waals surface area (Å²) in [5.41, 5.74) is 5.66. The summed E-state index contributed by atoms with van der Waals surface area (Å²) >= 11 is 0. The van der Waals surface area contributed by atoms with Crippen LogP contribution in [-0.4, -0.2) is 42.4 Å². The lowest BCUT2D eigenvalue weighted by atomic mass is 10.0. The molecule has 3 atom stereocenters. The van der Waals surface area contributed by atoms with E-state index in [4.69, 9.17) is 5.73 Å². The molecule has 3 rings (SSSR count). The number of benzene rings is 1. The number of nitrogens with zero attached hydrogens (tertiary/aromatic N) is 1. The number of hydrogen-bond acceptors (Lipinski definition) is 3. The third-order valence-electron chi connectivity index (χ3n) is 5.31. The monoisotopic (exact) mass is 365 g/mol. The third kappa shape index (κ3) is 4.03. The van der Waals surface area contributed by atoms with Gasteiger partial charge in [-0.3, -0.25) is 9.59 Å². The van der Waals surface area contributed by atoms with Crippen LogP contribution in [0.25, 0.3) is 0 Å². The molecular weight excluding hydrogens is 340 g/mol. The van der Waals surface area contributed by atoms with Crippen molar-refractivity contribution in [2.75, 3.05) is 19.6 Å². The molecule has 1 saturated heterocycles. The standard InChI is InChI=1S/C19H25F2N3O2/c20-16-6-3-5-13(18(16)21)14-10-15(14)19(26)24-9-2-1-4-12(24)11-23-17(25)7-8-22/h3,5-6,12,14-15H,1-2,4,7-11,22H2,(H,23,25). The summed E-state index contributed by atoms with van der Waals surface area (Å²) in [6.07, 6.45) is 3.57. The van der Waals surface area contributed by atoms with E-state index < -0.39 is 11.6 Å². The molecular formula is C19H25F2N3O2. The van der Waals surface area contributed by atoms with Crippen molar-refractivity contribution in [1.82, 2.24) is 10.2 Å². The van der Waals surface area contributed by atoms with E-state index >= 15 is 0 Å². The molecule has 0 spiro atoms. The zero-order chi connectivity index (χ0) is 18.7. The Kier molecular flexibility index (Phi) is 5.86. The van der Waals surface area contributed by atoms with Gasteiger partial charge < -0.3 is 16.0 Å². The molecule has 1 aromatic carbocycles. The minimum Gasteiger partial charge on any atom is -0.354 e. The Bertz CT molecular complexity index is 683. The van der Waals surface area contributed by atoms with E-state index in [0.717, 1.165) is 25.3 Å². The van der Waals surface area contributed by atoms with Gasteiger partial charge in [-0.1, -0.05) is 12.1 Å². The first kappa shape index (κ1) is 18.8. The van der Waals surface area contributed by atoms with Gasteiger partial charge in [-0.15, -0.1) is 0 Å². The van der Waals surface area contributed by atoms with Gasteiger partial charge in [-0.05, 0) is 43.2 Å². The highest BCUT2D eigenvalue weighted by atomic mass is 19.2. The zero-order valence-electron chi connectivity index (χ0n) is 14.7. The number of nitrogens with two attached hydrogens (primary N) is 1. The van der Waals surface area contributed by atoms with Crippen molar-refractivity contribution in [3.8, 4) is 0 Å². The number of nitrogens with one attached hydrogen (secondary N) is 1. The summed E-state index contributed by atoms with van der Waals surface area (Å²) in [7, 11) is 0. The van der Waals surface area contributed by atoms with Gasteiger partial charge in [0.2, 0.25) is 11.8 Å². The Hall–Kier alpha value is -2.02. The van der Waals surface area contributed by atoms with Gasteiger partial charge in [0.15, 0.2) is 11.6 Å². The van der Waals surface area contributed by atoms with Crippen LogP contribution < -0.4 is 11.1 Å². The molecule has 2 aliphatic rings. The Morgan fingerprint density at radius 3 is 2.85 bits per heavy atom. The smallest absolute Gasteiger partial charge is 0.226 e. The number of amides is 2. The molecule has 2 amide bonds. The normalized spacial score (nSPS) is 25.0. The van der Waals surface area contributed by atoms with E-state index in [1.165, 1.54) is 6.07 Å². The van der Waals surface area contributed by atoms with Gasteiger partial charge in [0.25, 0.3) is 0 Å². The maximum atomic E-state index is 14.0. The van der Waals surface area contributed by atoms with Crippen molar-refractivity contribution in [1.29, 1.82) is 0 Å². The number of carbonyl (C=O) groups is 2. The molecule has 3 N–H and O–H groups in total. The highest BCUT2D eigenvalue weighted by Crippen LogP contribution is 2.50. The van der Waals surface area contributed by atoms with Crippen LogP contribution in [0, 0.1) is 17.6 Å². The molecule has 26 heavy (non-hydrogen) atoms. The second-order valence-electron chi connectivity index (χ2n) is 7.12. The first-order valence-corrected chi connectivity index (χ1v) is 9.24. The minimum atomic E-state index is -0.876. The van der Waals surface area contributed by atoms with Crippen LogP contribution in [-0.2, 0) is 9.59 Å². The summed E-state index contributed by atoms with van der Waals surface area (Å²) < 4.78 is 27.4. The first-order valence-electron chi connectivity index (χ1n) is 9.24. The number of carbonyl (C=O) groups excluding carboxylic acids is 2. The summed E-state index contributed by atoms with van der Waals surface area (Å²) in [5.74, 6) is -2.41. The van der Waals surface area contributed by atoms with Crippen LogP contribution in [0.15, 0.2) is 18.2 Å². The Morgan fingerprint density at radius 2 is 2.08 bits per heavy atom. The summed E-state index contributed by atoms with van der Waals surface area (Å²) in [6, 6.07) is 4.07. The van der Waals surface area contributed by atoms with Crippen LogP contribution in [0.5, 0.6) is 0 Å². The molecule has 142 valence electrons. The Balaban J connectivity index is 1.62. The van der Waals surface area contributed by atoms with Crippen LogP contribution in [0.3, 0.4) is 0 Å². The Labute approximate surface area is 151 Å². The average molecular weight is 365 g/mol. The van der Waals surface area contributed by atoms with Crippen LogP contribution >= 0.6 is 0 Å². The maximum Gasteiger partial charge on any atom is 0.226 e. The minimum absolute atomic E-state index is 0.0172. The van der Waals surface area contributed by atoms with Crippen molar-refractivity contribution >= 4 is 11.8 Å². The van der Waals surface area contributed by atoms with Crippen molar-refractivity contribution in [2.45, 2.75) is 44.1 Å². The van der Waals surface area contributed by atoms with Crippen molar-refractivity contribution in [2.24, 2.45) is 11.7 Å². The highest BCUT2D eigenvalue weighted by molar-refractivity contribution is 5.83. The molecule has 2 fully saturated rings. The predicted octanol–water partition coefficient (Wildman–Crippen LogP) is 1.91. The van der Waals surface area contributed by atoms with Crippen molar-refractivity contribution < 1.29 is 18.4 Å². The van der Waals surface area contributed by atoms with Gasteiger partial charge >= 0.3 is 0 Å². The molecule has 1 saturated carbocycles. The molecule has 0 radical (unpaired) electrons. The van der Waals surface area contributed by atoms with Crippen molar-refractivity contribution in [3.05, 3.63) is 35.4 Å². The number of hydrogen-bond donors (Lipinski definition) is 2. The number of rotatable bonds is 6. The molecule has 7 heteroatoms. The van der Waals surface area contributed by atoms with Crippen molar-refractivity contribution in [3.63, 3.8) is 0 Å². The van der Waals surface area contributed by atoms with E-state index in [0.29, 0.717) is 26.1 Å². The molecule has 1 aromatic rings. The van der Waals surface area contributed by atoms with E-state index in [1.54, 1.807) is 6.07 Å². The summed E-state index contributed by atoms with van der Waals surface area (Å²) in [5, 5.41) is 2.83. The van der Waals surface area contributed by atoms with E-state index in [2.05, 4.69) is 5.32 Å². The number of halogens is 2. The lowest BCUT2D eigenvalue weighted by Crippen LogP contribution is -2.50. The lowest BCUT2D eigenvalue weighted by molar-refractivity contribution is -0.137. The lowest BCUT2D eigenvalue weighted by Gasteiger charge is -2.36. The maximum absolute atomic E-state index is 14.0. The van der Waals surface area contributed by atoms with Crippen LogP contribution in [0.1, 0.15) is 43.6 Å². The van der Waals surface area contributed by atoms with Gasteiger partial charge in [0, 0.05) is 38.0 Å². The van der Waals surface area contributed by atoms with Gasteiger partial charge in [-0.25, -0.2) is 8.78 Å². The molecule has 1 aliphatic heterocycles. The van der Waals surface area contributed by atoms with Gasteiger partial charge in [0.1, 0.15) is 0 Å². The first-order chi connectivity index (χ1) is 12.5. The van der Waals surface area contributed by atoms with Gasteiger partial charge in [-0.2, -0.15) is 0 Å². The molecule has 1 heterocycles. The second-order valence-corrected chi connectivity index (χ2v) is 7.12. The predicted molar refractivity (Wildman–Crippen MR) is 93.2 cm³/mol. The van der Waals surface area contributed by atoms with Crippen LogP contribution in [0.4, 0.5) is 8.78 Å². The second kappa shape index (κ2) is 8.12. The summed E-state index contributed by atoms with van der Waals surface area (Å²) in [6.45, 7) is 1.35. The van der Waals surface area contributed by atoms with E-state index in [-0.39, 0.29) is 41.7 Å². The molecule has 0 aromatic heterocycles. The molecule has 5 nitrogen and oxygen atoms in total.